The molecule has 0 amide bonds. The van der Waals surface area contributed by atoms with Gasteiger partial charge in [0.25, 0.3) is 0 Å². The predicted octanol–water partition coefficient (Wildman–Crippen LogP) is 3.72. The topological polar surface area (TPSA) is 46.2 Å². The van der Waals surface area contributed by atoms with Crippen LogP contribution in [0.4, 0.5) is 0 Å². The minimum Gasteiger partial charge on any atom is -0.308 e. The molecule has 1 N–H and O–H groups in total. The van der Waals surface area contributed by atoms with Crippen LogP contribution < -0.4 is 5.32 Å². The quantitative estimate of drug-likeness (QED) is 0.892. The van der Waals surface area contributed by atoms with E-state index in [0.29, 0.717) is 5.75 Å². The van der Waals surface area contributed by atoms with Crippen LogP contribution in [0.5, 0.6) is 0 Å². The van der Waals surface area contributed by atoms with Crippen LogP contribution >= 0.6 is 22.9 Å². The van der Waals surface area contributed by atoms with Gasteiger partial charge in [0, 0.05) is 4.88 Å². The van der Waals surface area contributed by atoms with Crippen molar-refractivity contribution in [3.8, 4) is 0 Å². The number of hydrogen-bond acceptors (Lipinski definition) is 4. The van der Waals surface area contributed by atoms with Crippen LogP contribution in [-0.4, -0.2) is 26.0 Å². The summed E-state index contributed by atoms with van der Waals surface area (Å²) in [6.45, 7) is 4.88. The average Bonchev–Trinajstić information content (AvgIpc) is 2.71. The van der Waals surface area contributed by atoms with Crippen molar-refractivity contribution in [1.82, 2.24) is 5.32 Å². The fraction of sp³-hybridized carbons (Fsp3) is 0.714. The summed E-state index contributed by atoms with van der Waals surface area (Å²) in [5, 5.41) is 3.12. The van der Waals surface area contributed by atoms with Gasteiger partial charge in [-0.1, -0.05) is 24.9 Å². The van der Waals surface area contributed by atoms with Crippen LogP contribution in [-0.2, 0) is 9.84 Å². The van der Waals surface area contributed by atoms with Gasteiger partial charge in [-0.2, -0.15) is 0 Å². The van der Waals surface area contributed by atoms with E-state index >= 15 is 0 Å². The fourth-order valence-electron chi connectivity index (χ4n) is 2.71. The normalized spacial score (nSPS) is 23.6. The van der Waals surface area contributed by atoms with Crippen molar-refractivity contribution in [3.05, 3.63) is 20.8 Å². The number of rotatable bonds is 5. The number of aryl methyl sites for hydroxylation is 1. The van der Waals surface area contributed by atoms with Crippen molar-refractivity contribution >= 4 is 32.8 Å². The van der Waals surface area contributed by atoms with Crippen molar-refractivity contribution in [3.63, 3.8) is 0 Å². The highest BCUT2D eigenvalue weighted by atomic mass is 35.5. The maximum atomic E-state index is 12.4. The van der Waals surface area contributed by atoms with Crippen LogP contribution in [0.25, 0.3) is 0 Å². The molecule has 3 nitrogen and oxygen atoms in total. The first-order valence-electron chi connectivity index (χ1n) is 7.16. The zero-order valence-electron chi connectivity index (χ0n) is 12.0. The van der Waals surface area contributed by atoms with E-state index in [-0.39, 0.29) is 11.3 Å². The molecule has 1 saturated heterocycles. The van der Waals surface area contributed by atoms with Crippen molar-refractivity contribution in [2.75, 3.05) is 12.3 Å². The standard InChI is InChI=1S/C14H22ClNO2S2/c1-3-7-16-13(11-9-10(2)14(15)19-11)12-6-4-5-8-20(12,17)18/h9,12-13,16H,3-8H2,1-2H3. The molecule has 2 heterocycles. The molecule has 114 valence electrons. The highest BCUT2D eigenvalue weighted by Crippen LogP contribution is 2.37. The molecule has 0 saturated carbocycles. The van der Waals surface area contributed by atoms with E-state index in [1.807, 2.05) is 13.0 Å². The van der Waals surface area contributed by atoms with Gasteiger partial charge >= 0.3 is 0 Å². The van der Waals surface area contributed by atoms with Gasteiger partial charge in [0.2, 0.25) is 0 Å². The van der Waals surface area contributed by atoms with Crippen LogP contribution in [0.2, 0.25) is 4.34 Å². The molecular formula is C14H22ClNO2S2. The second-order valence-electron chi connectivity index (χ2n) is 5.44. The summed E-state index contributed by atoms with van der Waals surface area (Å²) in [4.78, 5) is 1.05. The van der Waals surface area contributed by atoms with Crippen molar-refractivity contribution in [2.45, 2.75) is 50.8 Å². The molecule has 1 aromatic rings. The molecule has 2 rings (SSSR count). The minimum atomic E-state index is -3.00. The highest BCUT2D eigenvalue weighted by molar-refractivity contribution is 7.92. The first-order chi connectivity index (χ1) is 9.45. The van der Waals surface area contributed by atoms with E-state index in [1.165, 1.54) is 11.3 Å². The summed E-state index contributed by atoms with van der Waals surface area (Å²) in [7, 11) is -3.00. The molecule has 1 fully saturated rings. The van der Waals surface area contributed by atoms with Gasteiger partial charge in [0.15, 0.2) is 9.84 Å². The molecule has 6 heteroatoms. The van der Waals surface area contributed by atoms with Gasteiger partial charge in [-0.05, 0) is 44.4 Å². The van der Waals surface area contributed by atoms with Crippen LogP contribution in [0.1, 0.15) is 49.1 Å². The van der Waals surface area contributed by atoms with E-state index in [4.69, 9.17) is 11.6 Å². The third-order valence-electron chi connectivity index (χ3n) is 3.80. The summed E-state index contributed by atoms with van der Waals surface area (Å²) in [6.07, 6.45) is 3.52. The van der Waals surface area contributed by atoms with E-state index in [9.17, 15) is 8.42 Å². The summed E-state index contributed by atoms with van der Waals surface area (Å²) >= 11 is 7.66. The molecular weight excluding hydrogens is 314 g/mol. The van der Waals surface area contributed by atoms with Gasteiger partial charge < -0.3 is 5.32 Å². The number of sulfone groups is 1. The van der Waals surface area contributed by atoms with E-state index in [0.717, 1.165) is 47.0 Å². The smallest absolute Gasteiger partial charge is 0.155 e. The van der Waals surface area contributed by atoms with E-state index < -0.39 is 9.84 Å². The Kier molecular flexibility index (Phi) is 5.51. The Labute approximate surface area is 130 Å². The minimum absolute atomic E-state index is 0.114. The van der Waals surface area contributed by atoms with Crippen LogP contribution in [0.3, 0.4) is 0 Å². The van der Waals surface area contributed by atoms with Crippen LogP contribution in [0.15, 0.2) is 6.07 Å². The lowest BCUT2D eigenvalue weighted by atomic mass is 10.0. The Balaban J connectivity index is 2.31. The number of halogens is 1. The molecule has 0 aliphatic carbocycles. The summed E-state index contributed by atoms with van der Waals surface area (Å²) in [6, 6.07) is 1.92. The van der Waals surface area contributed by atoms with Crippen molar-refractivity contribution in [1.29, 1.82) is 0 Å². The fourth-order valence-corrected chi connectivity index (χ4v) is 6.24. The SMILES string of the molecule is CCCNC(c1cc(C)c(Cl)s1)C1CCCCS1(=O)=O. The molecule has 1 aliphatic heterocycles. The maximum Gasteiger partial charge on any atom is 0.155 e. The number of thiophene rings is 1. The monoisotopic (exact) mass is 335 g/mol. The summed E-state index contributed by atoms with van der Waals surface area (Å²) in [5.41, 5.74) is 1.03. The predicted molar refractivity (Wildman–Crippen MR) is 86.5 cm³/mol. The lowest BCUT2D eigenvalue weighted by Gasteiger charge is -2.30. The number of hydrogen-bond donors (Lipinski definition) is 1. The molecule has 0 spiro atoms. The Bertz CT molecular complexity index is 534. The number of nitrogens with one attached hydrogen (secondary N) is 1. The molecule has 0 bridgehead atoms. The summed E-state index contributed by atoms with van der Waals surface area (Å²) < 4.78 is 25.5. The lowest BCUT2D eigenvalue weighted by Crippen LogP contribution is -2.40. The Morgan fingerprint density at radius 3 is 2.80 bits per heavy atom. The molecule has 0 radical (unpaired) electrons. The Hall–Kier alpha value is -0.100. The second kappa shape index (κ2) is 6.77. The van der Waals surface area contributed by atoms with Gasteiger partial charge in [-0.15, -0.1) is 11.3 Å². The molecule has 0 aromatic carbocycles. The van der Waals surface area contributed by atoms with Crippen molar-refractivity contribution < 1.29 is 8.42 Å². The first kappa shape index (κ1) is 16.3. The van der Waals surface area contributed by atoms with Crippen LogP contribution in [0, 0.1) is 6.92 Å². The highest BCUT2D eigenvalue weighted by Gasteiger charge is 2.36. The molecule has 2 unspecified atom stereocenters. The van der Waals surface area contributed by atoms with Crippen molar-refractivity contribution in [2.24, 2.45) is 0 Å². The molecule has 1 aromatic heterocycles. The first-order valence-corrected chi connectivity index (χ1v) is 10.1. The third-order valence-corrected chi connectivity index (χ3v) is 7.72. The van der Waals surface area contributed by atoms with Gasteiger partial charge in [-0.3, -0.25) is 0 Å². The van der Waals surface area contributed by atoms with E-state index in [2.05, 4.69) is 12.2 Å². The van der Waals surface area contributed by atoms with Gasteiger partial charge in [-0.25, -0.2) is 8.42 Å². The molecule has 20 heavy (non-hydrogen) atoms. The second-order valence-corrected chi connectivity index (χ2v) is 9.46. The largest absolute Gasteiger partial charge is 0.308 e. The zero-order chi connectivity index (χ0) is 14.8. The molecule has 1 aliphatic rings. The average molecular weight is 336 g/mol. The maximum absolute atomic E-state index is 12.4. The zero-order valence-corrected chi connectivity index (χ0v) is 14.4. The Morgan fingerprint density at radius 2 is 2.25 bits per heavy atom. The Morgan fingerprint density at radius 1 is 1.50 bits per heavy atom. The molecule has 2 atom stereocenters. The third kappa shape index (κ3) is 3.56. The van der Waals surface area contributed by atoms with Gasteiger partial charge in [0.05, 0.1) is 21.4 Å². The lowest BCUT2D eigenvalue weighted by molar-refractivity contribution is 0.451. The van der Waals surface area contributed by atoms with E-state index in [1.54, 1.807) is 0 Å². The summed E-state index contributed by atoms with van der Waals surface area (Å²) in [5.74, 6) is 0.320. The van der Waals surface area contributed by atoms with Gasteiger partial charge in [0.1, 0.15) is 0 Å².